The number of furan rings is 1. The first-order chi connectivity index (χ1) is 14.3. The Morgan fingerprint density at radius 2 is 1.69 bits per heavy atom. The van der Waals surface area contributed by atoms with Crippen LogP contribution in [0.25, 0.3) is 0 Å². The summed E-state index contributed by atoms with van der Waals surface area (Å²) in [5.74, 6) is 0.996. The SMILES string of the molecule is O=C1Nc2ccccc2C(c2ccccc2)N1C1CCN(Cc2ccco2)CC1. The molecular weight excluding hydrogens is 362 g/mol. The van der Waals surface area contributed by atoms with E-state index in [1.165, 1.54) is 0 Å². The van der Waals surface area contributed by atoms with Crippen LogP contribution >= 0.6 is 0 Å². The number of rotatable bonds is 4. The molecule has 0 spiro atoms. The maximum absolute atomic E-state index is 13.2. The first-order valence-electron chi connectivity index (χ1n) is 10.3. The Morgan fingerprint density at radius 3 is 2.45 bits per heavy atom. The summed E-state index contributed by atoms with van der Waals surface area (Å²) < 4.78 is 5.49. The number of amides is 2. The number of urea groups is 1. The van der Waals surface area contributed by atoms with E-state index in [1.54, 1.807) is 6.26 Å². The lowest BCUT2D eigenvalue weighted by Crippen LogP contribution is -2.52. The number of benzene rings is 2. The van der Waals surface area contributed by atoms with Crippen LogP contribution in [-0.2, 0) is 6.54 Å². The van der Waals surface area contributed by atoms with Crippen LogP contribution in [0.4, 0.5) is 10.5 Å². The molecule has 0 bridgehead atoms. The second-order valence-electron chi connectivity index (χ2n) is 7.82. The molecule has 3 aromatic rings. The van der Waals surface area contributed by atoms with Gasteiger partial charge in [-0.1, -0.05) is 48.5 Å². The van der Waals surface area contributed by atoms with Gasteiger partial charge in [0, 0.05) is 30.4 Å². The smallest absolute Gasteiger partial charge is 0.322 e. The average Bonchev–Trinajstić information content (AvgIpc) is 3.27. The van der Waals surface area contributed by atoms with Crippen LogP contribution in [0.2, 0.25) is 0 Å². The Morgan fingerprint density at radius 1 is 0.931 bits per heavy atom. The molecule has 2 aromatic carbocycles. The van der Waals surface area contributed by atoms with Crippen LogP contribution in [0.3, 0.4) is 0 Å². The van der Waals surface area contributed by atoms with Crippen molar-refractivity contribution in [2.24, 2.45) is 0 Å². The topological polar surface area (TPSA) is 48.7 Å². The molecule has 29 heavy (non-hydrogen) atoms. The van der Waals surface area contributed by atoms with Crippen molar-refractivity contribution in [3.63, 3.8) is 0 Å². The number of carbonyl (C=O) groups is 1. The van der Waals surface area contributed by atoms with E-state index in [-0.39, 0.29) is 18.1 Å². The van der Waals surface area contributed by atoms with Crippen molar-refractivity contribution >= 4 is 11.7 Å². The molecule has 1 fully saturated rings. The molecule has 1 aromatic heterocycles. The van der Waals surface area contributed by atoms with Crippen molar-refractivity contribution in [2.45, 2.75) is 31.5 Å². The summed E-state index contributed by atoms with van der Waals surface area (Å²) in [4.78, 5) is 17.6. The summed E-state index contributed by atoms with van der Waals surface area (Å²) >= 11 is 0. The molecule has 0 saturated carbocycles. The van der Waals surface area contributed by atoms with E-state index in [0.717, 1.165) is 55.1 Å². The molecule has 3 heterocycles. The fourth-order valence-electron chi connectivity index (χ4n) is 4.63. The number of hydrogen-bond acceptors (Lipinski definition) is 3. The summed E-state index contributed by atoms with van der Waals surface area (Å²) in [5.41, 5.74) is 3.24. The predicted octanol–water partition coefficient (Wildman–Crippen LogP) is 4.88. The van der Waals surface area contributed by atoms with Gasteiger partial charge in [-0.2, -0.15) is 0 Å². The van der Waals surface area contributed by atoms with E-state index >= 15 is 0 Å². The number of fused-ring (bicyclic) bond motifs is 1. The minimum atomic E-state index is -0.0530. The van der Waals surface area contributed by atoms with Gasteiger partial charge in [0.2, 0.25) is 0 Å². The molecular formula is C24H25N3O2. The van der Waals surface area contributed by atoms with E-state index in [2.05, 4.69) is 51.5 Å². The third-order valence-electron chi connectivity index (χ3n) is 6.04. The zero-order valence-electron chi connectivity index (χ0n) is 16.3. The van der Waals surface area contributed by atoms with E-state index in [4.69, 9.17) is 4.42 Å². The number of anilines is 1. The molecule has 1 N–H and O–H groups in total. The third kappa shape index (κ3) is 3.54. The molecule has 1 saturated heterocycles. The van der Waals surface area contributed by atoms with E-state index < -0.39 is 0 Å². The van der Waals surface area contributed by atoms with Gasteiger partial charge in [0.1, 0.15) is 5.76 Å². The molecule has 2 aliphatic rings. The van der Waals surface area contributed by atoms with Crippen molar-refractivity contribution < 1.29 is 9.21 Å². The van der Waals surface area contributed by atoms with Crippen LogP contribution in [0.1, 0.15) is 35.8 Å². The highest BCUT2D eigenvalue weighted by Gasteiger charge is 2.39. The number of piperidine rings is 1. The fourth-order valence-corrected chi connectivity index (χ4v) is 4.63. The molecule has 2 amide bonds. The summed E-state index contributed by atoms with van der Waals surface area (Å²) in [5, 5.41) is 3.11. The van der Waals surface area contributed by atoms with Crippen LogP contribution < -0.4 is 5.32 Å². The van der Waals surface area contributed by atoms with Gasteiger partial charge in [-0.15, -0.1) is 0 Å². The second kappa shape index (κ2) is 7.76. The lowest BCUT2D eigenvalue weighted by Gasteiger charge is -2.45. The van der Waals surface area contributed by atoms with Gasteiger partial charge in [0.15, 0.2) is 0 Å². The Labute approximate surface area is 170 Å². The molecule has 0 aliphatic carbocycles. The zero-order chi connectivity index (χ0) is 19.6. The van der Waals surface area contributed by atoms with Gasteiger partial charge in [-0.05, 0) is 36.6 Å². The highest BCUT2D eigenvalue weighted by atomic mass is 16.3. The summed E-state index contributed by atoms with van der Waals surface area (Å²) in [6, 6.07) is 22.6. The van der Waals surface area contributed by atoms with Gasteiger partial charge in [-0.25, -0.2) is 4.79 Å². The van der Waals surface area contributed by atoms with Gasteiger partial charge in [-0.3, -0.25) is 4.90 Å². The first kappa shape index (κ1) is 18.0. The van der Waals surface area contributed by atoms with Crippen molar-refractivity contribution in [2.75, 3.05) is 18.4 Å². The van der Waals surface area contributed by atoms with Crippen molar-refractivity contribution in [1.82, 2.24) is 9.80 Å². The Bertz CT molecular complexity index is 963. The molecule has 5 heteroatoms. The summed E-state index contributed by atoms with van der Waals surface area (Å²) in [7, 11) is 0. The van der Waals surface area contributed by atoms with Gasteiger partial charge < -0.3 is 14.6 Å². The monoisotopic (exact) mass is 387 g/mol. The molecule has 2 aliphatic heterocycles. The molecule has 1 unspecified atom stereocenters. The summed E-state index contributed by atoms with van der Waals surface area (Å²) in [6.07, 6.45) is 3.64. The quantitative estimate of drug-likeness (QED) is 0.694. The minimum Gasteiger partial charge on any atom is -0.468 e. The number of likely N-dealkylation sites (tertiary alicyclic amines) is 1. The van der Waals surface area contributed by atoms with Crippen LogP contribution in [0.5, 0.6) is 0 Å². The highest BCUT2D eigenvalue weighted by molar-refractivity contribution is 5.93. The van der Waals surface area contributed by atoms with Gasteiger partial charge in [0.05, 0.1) is 18.8 Å². The van der Waals surface area contributed by atoms with E-state index in [0.29, 0.717) is 0 Å². The normalized spacial score (nSPS) is 20.3. The van der Waals surface area contributed by atoms with Gasteiger partial charge >= 0.3 is 6.03 Å². The second-order valence-corrected chi connectivity index (χ2v) is 7.82. The van der Waals surface area contributed by atoms with Crippen molar-refractivity contribution in [1.29, 1.82) is 0 Å². The van der Waals surface area contributed by atoms with Crippen LogP contribution in [0.15, 0.2) is 77.4 Å². The molecule has 1 atom stereocenters. The standard InChI is InChI=1S/C24H25N3O2/c28-24-25-22-11-5-4-10-21(22)23(18-7-2-1-3-8-18)27(24)19-12-14-26(15-13-19)17-20-9-6-16-29-20/h1-11,16,19,23H,12-15,17H2,(H,25,28). The van der Waals surface area contributed by atoms with Crippen LogP contribution in [-0.4, -0.2) is 35.0 Å². The number of nitrogens with zero attached hydrogens (tertiary/aromatic N) is 2. The zero-order valence-corrected chi connectivity index (χ0v) is 16.3. The first-order valence-corrected chi connectivity index (χ1v) is 10.3. The highest BCUT2D eigenvalue weighted by Crippen LogP contribution is 2.40. The lowest BCUT2D eigenvalue weighted by molar-refractivity contribution is 0.102. The maximum atomic E-state index is 13.2. The van der Waals surface area contributed by atoms with Gasteiger partial charge in [0.25, 0.3) is 0 Å². The van der Waals surface area contributed by atoms with E-state index in [1.807, 2.05) is 30.3 Å². The fraction of sp³-hybridized carbons (Fsp3) is 0.292. The summed E-state index contributed by atoms with van der Waals surface area (Å²) in [6.45, 7) is 2.74. The lowest BCUT2D eigenvalue weighted by atomic mass is 9.90. The Balaban J connectivity index is 1.40. The van der Waals surface area contributed by atoms with Crippen LogP contribution in [0, 0.1) is 0 Å². The van der Waals surface area contributed by atoms with Crippen molar-refractivity contribution in [3.8, 4) is 0 Å². The molecule has 5 nitrogen and oxygen atoms in total. The largest absolute Gasteiger partial charge is 0.468 e. The van der Waals surface area contributed by atoms with Crippen molar-refractivity contribution in [3.05, 3.63) is 89.9 Å². The minimum absolute atomic E-state index is 0.00189. The average molecular weight is 387 g/mol. The number of carbonyl (C=O) groups excluding carboxylic acids is 1. The third-order valence-corrected chi connectivity index (χ3v) is 6.04. The Hall–Kier alpha value is -3.05. The Kier molecular flexibility index (Phi) is 4.82. The number of para-hydroxylation sites is 1. The molecule has 0 radical (unpaired) electrons. The molecule has 5 rings (SSSR count). The van der Waals surface area contributed by atoms with E-state index in [9.17, 15) is 4.79 Å². The maximum Gasteiger partial charge on any atom is 0.322 e. The molecule has 148 valence electrons. The number of nitrogens with one attached hydrogen (secondary N) is 1. The predicted molar refractivity (Wildman–Crippen MR) is 113 cm³/mol. The number of hydrogen-bond donors (Lipinski definition) is 1.